The van der Waals surface area contributed by atoms with Gasteiger partial charge in [0.05, 0.1) is 30.6 Å². The molecule has 1 aromatic carbocycles. The van der Waals surface area contributed by atoms with Gasteiger partial charge >= 0.3 is 5.97 Å². The second-order valence-corrected chi connectivity index (χ2v) is 10.1. The summed E-state index contributed by atoms with van der Waals surface area (Å²) in [7, 11) is 3.56. The molecular weight excluding hydrogens is 506 g/mol. The summed E-state index contributed by atoms with van der Waals surface area (Å²) in [5.41, 5.74) is 12.1. The maximum absolute atomic E-state index is 12.6. The Morgan fingerprint density at radius 2 is 2.12 bits per heavy atom. The maximum atomic E-state index is 12.6. The Hall–Kier alpha value is -3.79. The summed E-state index contributed by atoms with van der Waals surface area (Å²) in [5, 5.41) is 9.88. The topological polar surface area (TPSA) is 126 Å². The van der Waals surface area contributed by atoms with Gasteiger partial charge in [-0.15, -0.1) is 0 Å². The van der Waals surface area contributed by atoms with Crippen molar-refractivity contribution in [2.75, 3.05) is 58.9 Å². The number of ether oxygens (including phenoxy) is 2. The SMILES string of the molecule is C=N/C(CN/C=C(\C)C1=C(N)OCCN1)=C(\C=N/CNc1ccc(C2CCN(C)CC2)c(C(=O)OC)c1)CCC. The number of allylic oxidation sites excluding steroid dienone is 2. The number of hydrogen-bond donors (Lipinski definition) is 4. The molecule has 40 heavy (non-hydrogen) atoms. The van der Waals surface area contributed by atoms with Crippen LogP contribution in [0.1, 0.15) is 61.4 Å². The number of rotatable bonds is 13. The van der Waals surface area contributed by atoms with Crippen LogP contribution in [0.4, 0.5) is 5.69 Å². The summed E-state index contributed by atoms with van der Waals surface area (Å²) in [6, 6.07) is 5.94. The monoisotopic (exact) mass is 551 g/mol. The Bertz CT molecular complexity index is 1150. The van der Waals surface area contributed by atoms with E-state index in [4.69, 9.17) is 15.2 Å². The molecule has 10 heteroatoms. The lowest BCUT2D eigenvalue weighted by Crippen LogP contribution is -2.30. The molecule has 1 saturated heterocycles. The van der Waals surface area contributed by atoms with E-state index in [2.05, 4.69) is 57.6 Å². The molecule has 0 aromatic heterocycles. The van der Waals surface area contributed by atoms with E-state index >= 15 is 0 Å². The van der Waals surface area contributed by atoms with Crippen LogP contribution in [0, 0.1) is 0 Å². The van der Waals surface area contributed by atoms with Gasteiger partial charge in [0.2, 0.25) is 5.88 Å². The number of nitrogens with zero attached hydrogens (tertiary/aromatic N) is 3. The Morgan fingerprint density at radius 1 is 1.35 bits per heavy atom. The summed E-state index contributed by atoms with van der Waals surface area (Å²) >= 11 is 0. The van der Waals surface area contributed by atoms with Gasteiger partial charge in [-0.1, -0.05) is 19.4 Å². The highest BCUT2D eigenvalue weighted by atomic mass is 16.5. The summed E-state index contributed by atoms with van der Waals surface area (Å²) in [6.45, 7) is 12.1. The number of likely N-dealkylation sites (tertiary alicyclic amines) is 1. The molecule has 0 radical (unpaired) electrons. The summed E-state index contributed by atoms with van der Waals surface area (Å²) in [4.78, 5) is 23.8. The van der Waals surface area contributed by atoms with E-state index < -0.39 is 0 Å². The fourth-order valence-electron chi connectivity index (χ4n) is 4.95. The van der Waals surface area contributed by atoms with E-state index in [1.807, 2.05) is 31.5 Å². The number of hydrogen-bond acceptors (Lipinski definition) is 10. The van der Waals surface area contributed by atoms with Crippen molar-refractivity contribution in [3.63, 3.8) is 0 Å². The number of carbonyl (C=O) groups is 1. The van der Waals surface area contributed by atoms with E-state index in [1.165, 1.54) is 7.11 Å². The highest BCUT2D eigenvalue weighted by molar-refractivity contribution is 5.92. The number of nitrogens with one attached hydrogen (secondary N) is 3. The average molecular weight is 552 g/mol. The van der Waals surface area contributed by atoms with Crippen LogP contribution in [0.5, 0.6) is 0 Å². The van der Waals surface area contributed by atoms with Gasteiger partial charge in [-0.25, -0.2) is 4.79 Å². The minimum atomic E-state index is -0.307. The highest BCUT2D eigenvalue weighted by Gasteiger charge is 2.24. The van der Waals surface area contributed by atoms with Crippen LogP contribution >= 0.6 is 0 Å². The number of methoxy groups -OCH3 is 1. The smallest absolute Gasteiger partial charge is 0.338 e. The van der Waals surface area contributed by atoms with Crippen LogP contribution in [-0.2, 0) is 9.47 Å². The molecule has 0 unspecified atom stereocenters. The lowest BCUT2D eigenvalue weighted by Gasteiger charge is -2.30. The number of esters is 1. The molecule has 0 atom stereocenters. The van der Waals surface area contributed by atoms with Gasteiger partial charge in [0, 0.05) is 24.6 Å². The van der Waals surface area contributed by atoms with Gasteiger partial charge < -0.3 is 36.1 Å². The lowest BCUT2D eigenvalue weighted by molar-refractivity contribution is 0.0598. The van der Waals surface area contributed by atoms with Crippen molar-refractivity contribution >= 4 is 24.6 Å². The molecule has 0 amide bonds. The minimum absolute atomic E-state index is 0.307. The normalized spacial score (nSPS) is 17.6. The van der Waals surface area contributed by atoms with E-state index in [0.29, 0.717) is 37.2 Å². The van der Waals surface area contributed by atoms with Gasteiger partial charge in [-0.3, -0.25) is 9.98 Å². The third-order valence-electron chi connectivity index (χ3n) is 7.21. The van der Waals surface area contributed by atoms with Gasteiger partial charge in [0.15, 0.2) is 0 Å². The minimum Gasteiger partial charge on any atom is -0.476 e. The number of benzene rings is 1. The molecule has 2 aliphatic rings. The quantitative estimate of drug-likeness (QED) is 0.216. The third kappa shape index (κ3) is 8.61. The first-order chi connectivity index (χ1) is 19.4. The summed E-state index contributed by atoms with van der Waals surface area (Å²) < 4.78 is 10.5. The molecule has 0 aliphatic carbocycles. The zero-order chi connectivity index (χ0) is 28.9. The van der Waals surface area contributed by atoms with Crippen LogP contribution in [0.25, 0.3) is 0 Å². The van der Waals surface area contributed by atoms with E-state index in [-0.39, 0.29) is 5.97 Å². The summed E-state index contributed by atoms with van der Waals surface area (Å²) in [6.07, 6.45) is 7.59. The van der Waals surface area contributed by atoms with Crippen LogP contribution in [0.3, 0.4) is 0 Å². The maximum Gasteiger partial charge on any atom is 0.338 e. The molecule has 1 aromatic rings. The highest BCUT2D eigenvalue weighted by Crippen LogP contribution is 2.32. The van der Waals surface area contributed by atoms with Crippen LogP contribution in [0.15, 0.2) is 62.8 Å². The predicted octanol–water partition coefficient (Wildman–Crippen LogP) is 3.72. The predicted molar refractivity (Wildman–Crippen MR) is 163 cm³/mol. The van der Waals surface area contributed by atoms with E-state index in [0.717, 1.165) is 79.1 Å². The lowest BCUT2D eigenvalue weighted by atomic mass is 9.86. The third-order valence-corrected chi connectivity index (χ3v) is 7.21. The number of aliphatic imine (C=N–C) groups is 2. The Kier molecular flexibility index (Phi) is 12.1. The molecule has 5 N–H and O–H groups in total. The fourth-order valence-corrected chi connectivity index (χ4v) is 4.95. The first-order valence-electron chi connectivity index (χ1n) is 14.0. The van der Waals surface area contributed by atoms with Crippen molar-refractivity contribution < 1.29 is 14.3 Å². The molecule has 2 heterocycles. The van der Waals surface area contributed by atoms with Crippen LogP contribution < -0.4 is 21.7 Å². The Morgan fingerprint density at radius 3 is 2.80 bits per heavy atom. The first kappa shape index (κ1) is 30.7. The number of piperidine rings is 1. The largest absolute Gasteiger partial charge is 0.476 e. The van der Waals surface area contributed by atoms with Crippen molar-refractivity contribution in [2.24, 2.45) is 15.7 Å². The second kappa shape index (κ2) is 15.7. The fraction of sp³-hybridized carbons (Fsp3) is 0.500. The van der Waals surface area contributed by atoms with Gasteiger partial charge in [-0.2, -0.15) is 0 Å². The van der Waals surface area contributed by atoms with E-state index in [9.17, 15) is 4.79 Å². The molecule has 0 saturated carbocycles. The first-order valence-corrected chi connectivity index (χ1v) is 14.0. The Balaban J connectivity index is 1.65. The van der Waals surface area contributed by atoms with Crippen molar-refractivity contribution in [3.8, 4) is 0 Å². The molecule has 2 aliphatic heterocycles. The molecule has 1 fully saturated rings. The standard InChI is InChI=1S/C30H45N7O3/c1-6-7-23(27(32-3)19-33-17-21(2)28-29(31)40-15-12-35-28)18-34-20-36-24-8-9-25(26(16-24)30(38)39-5)22-10-13-37(4)14-11-22/h8-9,16-18,22,33,35-36H,3,6-7,10-15,19-20,31H2,1-2,4-5H3/b21-17+,27-23-,34-18-. The van der Waals surface area contributed by atoms with E-state index in [1.54, 1.807) is 0 Å². The van der Waals surface area contributed by atoms with Gasteiger partial charge in [0.25, 0.3) is 0 Å². The molecule has 218 valence electrons. The molecule has 0 bridgehead atoms. The second-order valence-electron chi connectivity index (χ2n) is 10.1. The zero-order valence-electron chi connectivity index (χ0n) is 24.4. The molecule has 10 nitrogen and oxygen atoms in total. The molecule has 0 spiro atoms. The Labute approximate surface area is 238 Å². The average Bonchev–Trinajstić information content (AvgIpc) is 2.97. The van der Waals surface area contributed by atoms with Crippen molar-refractivity contribution in [2.45, 2.75) is 45.4 Å². The number of nitrogens with two attached hydrogens (primary N) is 1. The van der Waals surface area contributed by atoms with Gasteiger partial charge in [-0.05, 0) is 87.8 Å². The van der Waals surface area contributed by atoms with Crippen molar-refractivity contribution in [1.82, 2.24) is 15.5 Å². The summed E-state index contributed by atoms with van der Waals surface area (Å²) in [5.74, 6) is 0.455. The van der Waals surface area contributed by atoms with Crippen molar-refractivity contribution in [3.05, 3.63) is 63.9 Å². The van der Waals surface area contributed by atoms with Crippen LogP contribution in [0.2, 0.25) is 0 Å². The molecule has 3 rings (SSSR count). The van der Waals surface area contributed by atoms with Gasteiger partial charge in [0.1, 0.15) is 13.3 Å². The number of carbonyl (C=O) groups excluding carboxylic acids is 1. The van der Waals surface area contributed by atoms with Crippen LogP contribution in [-0.4, -0.2) is 77.4 Å². The number of anilines is 1. The van der Waals surface area contributed by atoms with Crippen molar-refractivity contribution in [1.29, 1.82) is 0 Å². The molecular formula is C30H45N7O3. The zero-order valence-corrected chi connectivity index (χ0v) is 24.4.